The quantitative estimate of drug-likeness (QED) is 0.713. The first-order valence-electron chi connectivity index (χ1n) is 9.40. The summed E-state index contributed by atoms with van der Waals surface area (Å²) in [7, 11) is 0. The van der Waals surface area contributed by atoms with Gasteiger partial charge in [-0.25, -0.2) is 4.52 Å². The summed E-state index contributed by atoms with van der Waals surface area (Å²) in [5.74, 6) is -0.0802. The van der Waals surface area contributed by atoms with Crippen LogP contribution in [0.25, 0.3) is 5.52 Å². The van der Waals surface area contributed by atoms with Crippen LogP contribution >= 0.6 is 0 Å². The van der Waals surface area contributed by atoms with Gasteiger partial charge in [0.1, 0.15) is 5.75 Å². The van der Waals surface area contributed by atoms with Crippen LogP contribution in [-0.4, -0.2) is 33.6 Å². The van der Waals surface area contributed by atoms with Crippen molar-refractivity contribution in [3.63, 3.8) is 0 Å². The number of nitrogens with one attached hydrogen (secondary N) is 1. The molecule has 0 saturated heterocycles. The van der Waals surface area contributed by atoms with Crippen molar-refractivity contribution in [3.8, 4) is 5.75 Å². The Labute approximate surface area is 162 Å². The lowest BCUT2D eigenvalue weighted by atomic mass is 9.92. The first kappa shape index (κ1) is 18.0. The number of primary amides is 1. The molecule has 28 heavy (non-hydrogen) atoms. The van der Waals surface area contributed by atoms with Gasteiger partial charge in [-0.2, -0.15) is 5.10 Å². The molecule has 1 aromatic carbocycles. The molecule has 7 nitrogen and oxygen atoms in total. The van der Waals surface area contributed by atoms with E-state index in [4.69, 9.17) is 10.5 Å². The van der Waals surface area contributed by atoms with Gasteiger partial charge in [0.05, 0.1) is 28.9 Å². The van der Waals surface area contributed by atoms with Gasteiger partial charge in [-0.1, -0.05) is 18.2 Å². The number of nitrogens with zero attached hydrogens (tertiary/aromatic N) is 2. The first-order chi connectivity index (χ1) is 13.6. The molecule has 0 atom stereocenters. The highest BCUT2D eigenvalue weighted by atomic mass is 16.5. The van der Waals surface area contributed by atoms with Crippen LogP contribution in [0.2, 0.25) is 0 Å². The minimum absolute atomic E-state index is 0.00521. The number of ether oxygens (including phenoxy) is 1. The molecule has 3 N–H and O–H groups in total. The third-order valence-electron chi connectivity index (χ3n) is 5.13. The van der Waals surface area contributed by atoms with Crippen LogP contribution in [0, 0.1) is 0 Å². The fourth-order valence-electron chi connectivity index (χ4n) is 3.65. The summed E-state index contributed by atoms with van der Waals surface area (Å²) in [4.78, 5) is 24.2. The van der Waals surface area contributed by atoms with E-state index in [9.17, 15) is 9.59 Å². The van der Waals surface area contributed by atoms with E-state index in [1.54, 1.807) is 28.9 Å². The Kier molecular flexibility index (Phi) is 4.97. The zero-order valence-electron chi connectivity index (χ0n) is 15.4. The number of benzene rings is 1. The standard InChI is InChI=1S/C21H22N4O3/c22-20(26)16-5-1-2-7-19(16)28-15-10-8-14(9-11-15)24-21(27)17-13-23-25-12-4-3-6-18(17)25/h1-7,12-15H,8-11H2,(H2,22,26)(H,24,27)/t14-,15-. The maximum atomic E-state index is 12.6. The second-order valence-corrected chi connectivity index (χ2v) is 7.01. The number of nitrogens with two attached hydrogens (primary N) is 1. The third-order valence-corrected chi connectivity index (χ3v) is 5.13. The summed E-state index contributed by atoms with van der Waals surface area (Å²) in [6.07, 6.45) is 6.65. The normalized spacial score (nSPS) is 19.3. The lowest BCUT2D eigenvalue weighted by molar-refractivity contribution is 0.0887. The van der Waals surface area contributed by atoms with Crippen LogP contribution in [0.1, 0.15) is 46.4 Å². The van der Waals surface area contributed by atoms with Gasteiger partial charge in [0.25, 0.3) is 11.8 Å². The summed E-state index contributed by atoms with van der Waals surface area (Å²) in [6, 6.07) is 12.8. The van der Waals surface area contributed by atoms with Crippen molar-refractivity contribution in [1.29, 1.82) is 0 Å². The Bertz CT molecular complexity index is 1010. The monoisotopic (exact) mass is 378 g/mol. The number of pyridine rings is 1. The van der Waals surface area contributed by atoms with E-state index >= 15 is 0 Å². The number of amides is 2. The molecule has 2 amide bonds. The van der Waals surface area contributed by atoms with Crippen LogP contribution in [-0.2, 0) is 0 Å². The Morgan fingerprint density at radius 2 is 1.79 bits per heavy atom. The average molecular weight is 378 g/mol. The molecule has 1 aliphatic rings. The van der Waals surface area contributed by atoms with Crippen LogP contribution in [0.15, 0.2) is 54.9 Å². The zero-order chi connectivity index (χ0) is 19.5. The zero-order valence-corrected chi connectivity index (χ0v) is 15.4. The molecule has 2 heterocycles. The number of aromatic nitrogens is 2. The number of rotatable bonds is 5. The highest BCUT2D eigenvalue weighted by Crippen LogP contribution is 2.26. The molecule has 7 heteroatoms. The minimum Gasteiger partial charge on any atom is -0.490 e. The molecule has 1 saturated carbocycles. The molecular weight excluding hydrogens is 356 g/mol. The first-order valence-corrected chi connectivity index (χ1v) is 9.40. The molecule has 1 aliphatic carbocycles. The fourth-order valence-corrected chi connectivity index (χ4v) is 3.65. The van der Waals surface area contributed by atoms with E-state index in [-0.39, 0.29) is 18.1 Å². The molecule has 1 fully saturated rings. The molecular formula is C21H22N4O3. The number of carbonyl (C=O) groups is 2. The summed E-state index contributed by atoms with van der Waals surface area (Å²) in [6.45, 7) is 0. The largest absolute Gasteiger partial charge is 0.490 e. The highest BCUT2D eigenvalue weighted by molar-refractivity contribution is 6.00. The Morgan fingerprint density at radius 1 is 1.04 bits per heavy atom. The van der Waals surface area contributed by atoms with Gasteiger partial charge in [-0.05, 0) is 49.9 Å². The second kappa shape index (κ2) is 7.72. The van der Waals surface area contributed by atoms with E-state index in [0.717, 1.165) is 31.2 Å². The number of hydrogen-bond donors (Lipinski definition) is 2. The third kappa shape index (κ3) is 3.69. The van der Waals surface area contributed by atoms with Crippen LogP contribution in [0.5, 0.6) is 5.75 Å². The lowest BCUT2D eigenvalue weighted by Gasteiger charge is -2.29. The minimum atomic E-state index is -0.495. The van der Waals surface area contributed by atoms with Gasteiger partial charge >= 0.3 is 0 Å². The van der Waals surface area contributed by atoms with Crippen molar-refractivity contribution in [2.75, 3.05) is 0 Å². The predicted molar refractivity (Wildman–Crippen MR) is 104 cm³/mol. The number of hydrogen-bond acceptors (Lipinski definition) is 4. The van der Waals surface area contributed by atoms with Gasteiger partial charge in [0.2, 0.25) is 0 Å². The van der Waals surface area contributed by atoms with E-state index in [2.05, 4.69) is 10.4 Å². The van der Waals surface area contributed by atoms with Crippen molar-refractivity contribution in [1.82, 2.24) is 14.9 Å². The average Bonchev–Trinajstić information content (AvgIpc) is 3.14. The second-order valence-electron chi connectivity index (χ2n) is 7.01. The summed E-state index contributed by atoms with van der Waals surface area (Å²) >= 11 is 0. The Hall–Kier alpha value is -3.35. The molecule has 0 bridgehead atoms. The number of para-hydroxylation sites is 1. The van der Waals surface area contributed by atoms with E-state index in [0.29, 0.717) is 16.9 Å². The van der Waals surface area contributed by atoms with Gasteiger partial charge in [-0.15, -0.1) is 0 Å². The molecule has 0 unspecified atom stereocenters. The van der Waals surface area contributed by atoms with E-state index < -0.39 is 5.91 Å². The fraction of sp³-hybridized carbons (Fsp3) is 0.286. The summed E-state index contributed by atoms with van der Waals surface area (Å²) in [5.41, 5.74) is 7.17. The van der Waals surface area contributed by atoms with Crippen LogP contribution in [0.4, 0.5) is 0 Å². The molecule has 0 aliphatic heterocycles. The van der Waals surface area contributed by atoms with Crippen molar-refractivity contribution < 1.29 is 14.3 Å². The highest BCUT2D eigenvalue weighted by Gasteiger charge is 2.25. The van der Waals surface area contributed by atoms with Gasteiger partial charge in [-0.3, -0.25) is 9.59 Å². The molecule has 0 spiro atoms. The van der Waals surface area contributed by atoms with Crippen molar-refractivity contribution in [3.05, 3.63) is 66.0 Å². The van der Waals surface area contributed by atoms with Crippen molar-refractivity contribution in [2.45, 2.75) is 37.8 Å². The van der Waals surface area contributed by atoms with Crippen molar-refractivity contribution >= 4 is 17.3 Å². The molecule has 144 valence electrons. The maximum absolute atomic E-state index is 12.6. The van der Waals surface area contributed by atoms with Gasteiger partial charge < -0.3 is 15.8 Å². The Morgan fingerprint density at radius 3 is 2.57 bits per heavy atom. The molecule has 4 rings (SSSR count). The predicted octanol–water partition coefficient (Wildman–Crippen LogP) is 2.55. The Balaban J connectivity index is 1.35. The number of fused-ring (bicyclic) bond motifs is 1. The summed E-state index contributed by atoms with van der Waals surface area (Å²) < 4.78 is 7.69. The van der Waals surface area contributed by atoms with E-state index in [1.807, 2.05) is 30.5 Å². The molecule has 3 aromatic rings. The van der Waals surface area contributed by atoms with Gasteiger partial charge in [0.15, 0.2) is 0 Å². The summed E-state index contributed by atoms with van der Waals surface area (Å²) in [5, 5.41) is 7.32. The van der Waals surface area contributed by atoms with Crippen molar-refractivity contribution in [2.24, 2.45) is 5.73 Å². The van der Waals surface area contributed by atoms with E-state index in [1.165, 1.54) is 0 Å². The SMILES string of the molecule is NC(=O)c1ccccc1O[C@H]1CC[C@H](NC(=O)c2cnn3ccccc23)CC1. The molecule has 2 aromatic heterocycles. The van der Waals surface area contributed by atoms with Crippen LogP contribution < -0.4 is 15.8 Å². The molecule has 0 radical (unpaired) electrons. The maximum Gasteiger partial charge on any atom is 0.255 e. The van der Waals surface area contributed by atoms with Gasteiger partial charge in [0, 0.05) is 12.2 Å². The number of carbonyl (C=O) groups excluding carboxylic acids is 2. The van der Waals surface area contributed by atoms with Crippen LogP contribution in [0.3, 0.4) is 0 Å². The smallest absolute Gasteiger partial charge is 0.255 e. The topological polar surface area (TPSA) is 98.7 Å². The lowest BCUT2D eigenvalue weighted by Crippen LogP contribution is -2.39.